The summed E-state index contributed by atoms with van der Waals surface area (Å²) in [5.41, 5.74) is 0.321. The highest BCUT2D eigenvalue weighted by Gasteiger charge is 2.16. The lowest BCUT2D eigenvalue weighted by molar-refractivity contribution is 0.00476. The fourth-order valence-corrected chi connectivity index (χ4v) is 5.91. The van der Waals surface area contributed by atoms with Crippen molar-refractivity contribution < 1.29 is 56.9 Å². The molecular weight excluding hydrogens is 640 g/mol. The number of methoxy groups -OCH3 is 1. The van der Waals surface area contributed by atoms with Crippen LogP contribution in [0.4, 0.5) is 0 Å². The maximum Gasteiger partial charge on any atom is 0.338 e. The second-order valence-electron chi connectivity index (χ2n) is 9.48. The summed E-state index contributed by atoms with van der Waals surface area (Å²) < 4.78 is 62.1. The number of fused-ring (bicyclic) bond motifs is 5. The first-order chi connectivity index (χ1) is 22.7. The molecule has 3 aromatic rings. The molecule has 0 amide bonds. The van der Waals surface area contributed by atoms with Gasteiger partial charge in [-0.05, 0) is 35.0 Å². The first-order valence-electron chi connectivity index (χ1n) is 15.1. The third-order valence-corrected chi connectivity index (χ3v) is 8.17. The highest BCUT2D eigenvalue weighted by atomic mass is 32.1. The lowest BCUT2D eigenvalue weighted by atomic mass is 10.2. The molecule has 0 atom stereocenters. The summed E-state index contributed by atoms with van der Waals surface area (Å²) in [5, 5.41) is 4.01. The van der Waals surface area contributed by atoms with Crippen LogP contribution >= 0.6 is 22.7 Å². The standard InChI is InChI=1S/C32H42O12S2/c1-34-32(33)25-22-26-24-27(23-25)42-17-13-38-9-5-36-7-11-40-15-19-44-29-3-21-46-31(29)30-28(2-20-45-30)43-18-14-39-10-6-35-4-8-37-12-16-41-26/h2-3,20-24H,4-19H2,1H3. The molecule has 0 saturated carbocycles. The molecule has 2 bridgehead atoms. The van der Waals surface area contributed by atoms with Crippen molar-refractivity contribution in [2.75, 3.05) is 113 Å². The second kappa shape index (κ2) is 21.8. The van der Waals surface area contributed by atoms with Crippen LogP contribution in [0.15, 0.2) is 41.1 Å². The summed E-state index contributed by atoms with van der Waals surface area (Å²) in [7, 11) is 1.32. The zero-order valence-corrected chi connectivity index (χ0v) is 27.7. The molecule has 254 valence electrons. The Morgan fingerprint density at radius 2 is 0.870 bits per heavy atom. The van der Waals surface area contributed by atoms with Gasteiger partial charge in [0, 0.05) is 6.07 Å². The molecule has 0 radical (unpaired) electrons. The molecule has 1 aromatic carbocycles. The van der Waals surface area contributed by atoms with Crippen LogP contribution in [-0.2, 0) is 33.2 Å². The van der Waals surface area contributed by atoms with Gasteiger partial charge in [-0.1, -0.05) is 0 Å². The molecule has 4 rings (SSSR count). The van der Waals surface area contributed by atoms with Gasteiger partial charge in [-0.15, -0.1) is 22.7 Å². The van der Waals surface area contributed by atoms with Crippen LogP contribution in [0.1, 0.15) is 10.4 Å². The van der Waals surface area contributed by atoms with E-state index in [9.17, 15) is 4.79 Å². The number of ether oxygens (including phenoxy) is 11. The monoisotopic (exact) mass is 682 g/mol. The van der Waals surface area contributed by atoms with Gasteiger partial charge in [-0.2, -0.15) is 0 Å². The summed E-state index contributed by atoms with van der Waals surface area (Å²) in [5.74, 6) is 2.06. The molecule has 0 N–H and O–H groups in total. The lowest BCUT2D eigenvalue weighted by Gasteiger charge is -2.12. The topological polar surface area (TPSA) is 119 Å². The molecule has 1 aliphatic rings. The third kappa shape index (κ3) is 13.0. The van der Waals surface area contributed by atoms with E-state index in [0.717, 1.165) is 21.3 Å². The number of rotatable bonds is 1. The molecular formula is C32H42O12S2. The number of carbonyl (C=O) groups excluding carboxylic acids is 1. The van der Waals surface area contributed by atoms with E-state index in [4.69, 9.17) is 52.1 Å². The Hall–Kier alpha value is -2.95. The van der Waals surface area contributed by atoms with Crippen LogP contribution in [0, 0.1) is 0 Å². The Morgan fingerprint density at radius 3 is 1.24 bits per heavy atom. The van der Waals surface area contributed by atoms with Crippen molar-refractivity contribution in [3.63, 3.8) is 0 Å². The second-order valence-corrected chi connectivity index (χ2v) is 11.3. The van der Waals surface area contributed by atoms with Crippen molar-refractivity contribution in [1.82, 2.24) is 0 Å². The first kappa shape index (κ1) is 35.9. The average Bonchev–Trinajstić information content (AvgIpc) is 3.73. The van der Waals surface area contributed by atoms with E-state index in [1.54, 1.807) is 40.9 Å². The van der Waals surface area contributed by atoms with Gasteiger partial charge in [0.25, 0.3) is 0 Å². The van der Waals surface area contributed by atoms with Gasteiger partial charge in [0.1, 0.15) is 49.4 Å². The number of carbonyl (C=O) groups is 1. The molecule has 0 spiro atoms. The van der Waals surface area contributed by atoms with Gasteiger partial charge in [0.2, 0.25) is 0 Å². The van der Waals surface area contributed by atoms with Gasteiger partial charge < -0.3 is 52.1 Å². The van der Waals surface area contributed by atoms with Crippen molar-refractivity contribution in [3.8, 4) is 32.8 Å². The lowest BCUT2D eigenvalue weighted by Crippen LogP contribution is -2.14. The summed E-state index contributed by atoms with van der Waals surface area (Å²) in [6, 6.07) is 8.83. The first-order valence-corrected chi connectivity index (χ1v) is 16.9. The van der Waals surface area contributed by atoms with Crippen molar-refractivity contribution in [1.29, 1.82) is 0 Å². The number of benzene rings is 1. The number of hydrogen-bond acceptors (Lipinski definition) is 14. The molecule has 0 fully saturated rings. The Bertz CT molecular complexity index is 1180. The largest absolute Gasteiger partial charge is 0.491 e. The molecule has 46 heavy (non-hydrogen) atoms. The van der Waals surface area contributed by atoms with E-state index in [-0.39, 0.29) is 13.2 Å². The van der Waals surface area contributed by atoms with Crippen LogP contribution in [0.25, 0.3) is 9.75 Å². The average molecular weight is 683 g/mol. The van der Waals surface area contributed by atoms with Crippen molar-refractivity contribution in [2.45, 2.75) is 0 Å². The van der Waals surface area contributed by atoms with Crippen molar-refractivity contribution >= 4 is 28.6 Å². The van der Waals surface area contributed by atoms with Gasteiger partial charge >= 0.3 is 5.97 Å². The number of thiophene rings is 2. The SMILES string of the molecule is COC(=O)c1cc2cc(c1)OCCOCCOCCOCCOc1ccsc1-c1sccc1OCCOCCOCCOCCO2. The minimum absolute atomic E-state index is 0.286. The summed E-state index contributed by atoms with van der Waals surface area (Å²) in [4.78, 5) is 14.2. The Labute approximate surface area is 277 Å². The quantitative estimate of drug-likeness (QED) is 0.334. The minimum atomic E-state index is -0.489. The van der Waals surface area contributed by atoms with Crippen molar-refractivity contribution in [3.05, 3.63) is 46.7 Å². The van der Waals surface area contributed by atoms with E-state index in [1.807, 2.05) is 22.9 Å². The zero-order chi connectivity index (χ0) is 32.1. The minimum Gasteiger partial charge on any atom is -0.491 e. The predicted molar refractivity (Wildman–Crippen MR) is 172 cm³/mol. The van der Waals surface area contributed by atoms with Gasteiger partial charge in [0.05, 0.1) is 102 Å². The van der Waals surface area contributed by atoms with Gasteiger partial charge in [0.15, 0.2) is 0 Å². The van der Waals surface area contributed by atoms with Crippen LogP contribution < -0.4 is 18.9 Å². The Balaban J connectivity index is 1.23. The fraction of sp³-hybridized carbons (Fsp3) is 0.531. The molecule has 3 heterocycles. The molecule has 0 saturated heterocycles. The highest BCUT2D eigenvalue weighted by Crippen LogP contribution is 2.44. The maximum absolute atomic E-state index is 12.1. The van der Waals surface area contributed by atoms with E-state index < -0.39 is 5.97 Å². The van der Waals surface area contributed by atoms with E-state index in [1.165, 1.54) is 7.11 Å². The van der Waals surface area contributed by atoms with Crippen LogP contribution in [0.5, 0.6) is 23.0 Å². The fourth-order valence-electron chi connectivity index (χ4n) is 4.07. The Morgan fingerprint density at radius 1 is 0.522 bits per heavy atom. The maximum atomic E-state index is 12.1. The Kier molecular flexibility index (Phi) is 17.0. The van der Waals surface area contributed by atoms with Gasteiger partial charge in [-0.25, -0.2) is 4.79 Å². The molecule has 0 unspecified atom stereocenters. The summed E-state index contributed by atoms with van der Waals surface area (Å²) in [6.45, 7) is 6.49. The van der Waals surface area contributed by atoms with Gasteiger partial charge in [-0.3, -0.25) is 0 Å². The molecule has 12 nitrogen and oxygen atoms in total. The predicted octanol–water partition coefficient (Wildman–Crippen LogP) is 4.59. The number of esters is 1. The van der Waals surface area contributed by atoms with E-state index >= 15 is 0 Å². The van der Waals surface area contributed by atoms with Crippen LogP contribution in [0.2, 0.25) is 0 Å². The molecule has 2 aromatic heterocycles. The van der Waals surface area contributed by atoms with E-state index in [0.29, 0.717) is 110 Å². The normalized spacial score (nSPS) is 17.8. The zero-order valence-electron chi connectivity index (χ0n) is 26.1. The molecule has 0 aliphatic carbocycles. The van der Waals surface area contributed by atoms with Crippen molar-refractivity contribution in [2.24, 2.45) is 0 Å². The van der Waals surface area contributed by atoms with Crippen LogP contribution in [-0.4, -0.2) is 119 Å². The van der Waals surface area contributed by atoms with Crippen LogP contribution in [0.3, 0.4) is 0 Å². The highest BCUT2D eigenvalue weighted by molar-refractivity contribution is 7.21. The summed E-state index contributed by atoms with van der Waals surface area (Å²) in [6.07, 6.45) is 0. The molecule has 1 aliphatic heterocycles. The smallest absolute Gasteiger partial charge is 0.338 e. The summed E-state index contributed by atoms with van der Waals surface area (Å²) >= 11 is 3.22. The number of hydrogen-bond donors (Lipinski definition) is 0. The third-order valence-electron chi connectivity index (χ3n) is 6.22. The molecule has 14 heteroatoms. The van der Waals surface area contributed by atoms with E-state index in [2.05, 4.69) is 0 Å².